The van der Waals surface area contributed by atoms with Crippen LogP contribution in [0.4, 0.5) is 5.82 Å². The summed E-state index contributed by atoms with van der Waals surface area (Å²) in [5.74, 6) is 0.920. The first-order chi connectivity index (χ1) is 8.24. The molecule has 2 N–H and O–H groups in total. The first kappa shape index (κ1) is 10.9. The second-order valence-corrected chi connectivity index (χ2v) is 5.23. The molecule has 0 saturated heterocycles. The number of fused-ring (bicyclic) bond motifs is 1. The van der Waals surface area contributed by atoms with E-state index >= 15 is 0 Å². The monoisotopic (exact) mass is 307 g/mol. The molecular weight excluding hydrogens is 298 g/mol. The maximum absolute atomic E-state index is 5.16. The summed E-state index contributed by atoms with van der Waals surface area (Å²) in [5, 5.41) is 3.26. The van der Waals surface area contributed by atoms with E-state index in [2.05, 4.69) is 43.3 Å². The van der Waals surface area contributed by atoms with Crippen molar-refractivity contribution in [2.75, 3.05) is 11.9 Å². The Morgan fingerprint density at radius 3 is 3.06 bits per heavy atom. The van der Waals surface area contributed by atoms with Crippen LogP contribution < -0.4 is 5.32 Å². The third-order valence-electron chi connectivity index (χ3n) is 2.81. The van der Waals surface area contributed by atoms with E-state index in [9.17, 15) is 0 Å². The molecule has 1 aromatic heterocycles. The second-order valence-electron chi connectivity index (χ2n) is 3.93. The number of benzene rings is 1. The summed E-state index contributed by atoms with van der Waals surface area (Å²) in [5.41, 5.74) is 3.43. The predicted molar refractivity (Wildman–Crippen MR) is 74.8 cm³/mol. The number of H-pyrrole nitrogens is 1. The van der Waals surface area contributed by atoms with Gasteiger partial charge >= 0.3 is 0 Å². The number of hydrogen-bond acceptors (Lipinski definition) is 3. The first-order valence-corrected chi connectivity index (χ1v) is 6.57. The molecule has 5 heteroatoms. The average molecular weight is 308 g/mol. The van der Waals surface area contributed by atoms with Crippen LogP contribution in [0.15, 0.2) is 28.7 Å². The van der Waals surface area contributed by atoms with Crippen LogP contribution in [0.25, 0.3) is 11.3 Å². The lowest BCUT2D eigenvalue weighted by Crippen LogP contribution is -1.96. The van der Waals surface area contributed by atoms with E-state index in [0.29, 0.717) is 4.77 Å². The molecule has 0 amide bonds. The molecular formula is C12H10BrN3S. The van der Waals surface area contributed by atoms with Gasteiger partial charge in [-0.3, -0.25) is 0 Å². The van der Waals surface area contributed by atoms with Crippen LogP contribution in [-0.2, 0) is 6.42 Å². The van der Waals surface area contributed by atoms with E-state index < -0.39 is 0 Å². The third-order valence-corrected chi connectivity index (χ3v) is 3.50. The zero-order valence-electron chi connectivity index (χ0n) is 8.96. The van der Waals surface area contributed by atoms with Crippen molar-refractivity contribution in [2.45, 2.75) is 6.42 Å². The fraction of sp³-hybridized carbons (Fsp3) is 0.167. The van der Waals surface area contributed by atoms with Crippen molar-refractivity contribution in [3.05, 3.63) is 39.1 Å². The molecule has 1 aliphatic rings. The minimum absolute atomic E-state index is 0.521. The van der Waals surface area contributed by atoms with E-state index in [1.807, 2.05) is 12.1 Å². The molecule has 3 nitrogen and oxygen atoms in total. The SMILES string of the molecule is S=c1nc2c(c(-c3cccc(Br)c3)[nH]1)CCN2. The lowest BCUT2D eigenvalue weighted by atomic mass is 10.1. The Labute approximate surface area is 112 Å². The summed E-state index contributed by atoms with van der Waals surface area (Å²) >= 11 is 8.64. The molecule has 0 fully saturated rings. The highest BCUT2D eigenvalue weighted by Crippen LogP contribution is 2.30. The van der Waals surface area contributed by atoms with E-state index in [-0.39, 0.29) is 0 Å². The molecule has 0 unspecified atom stereocenters. The summed E-state index contributed by atoms with van der Waals surface area (Å²) in [6, 6.07) is 8.19. The molecule has 1 aliphatic heterocycles. The number of rotatable bonds is 1. The number of nitrogens with zero attached hydrogens (tertiary/aromatic N) is 1. The Morgan fingerprint density at radius 2 is 2.24 bits per heavy atom. The van der Waals surface area contributed by atoms with Gasteiger partial charge in [0.05, 0.1) is 5.69 Å². The predicted octanol–water partition coefficient (Wildman–Crippen LogP) is 3.54. The van der Waals surface area contributed by atoms with Gasteiger partial charge in [-0.15, -0.1) is 0 Å². The number of halogens is 1. The second kappa shape index (κ2) is 4.23. The Balaban J connectivity index is 2.24. The van der Waals surface area contributed by atoms with Gasteiger partial charge in [0.15, 0.2) is 4.77 Å². The number of hydrogen-bond donors (Lipinski definition) is 2. The zero-order valence-corrected chi connectivity index (χ0v) is 11.4. The van der Waals surface area contributed by atoms with E-state index in [1.54, 1.807) is 0 Å². The Hall–Kier alpha value is -1.20. The van der Waals surface area contributed by atoms with Gasteiger partial charge in [0, 0.05) is 16.6 Å². The summed E-state index contributed by atoms with van der Waals surface area (Å²) in [4.78, 5) is 7.49. The van der Waals surface area contributed by atoms with Crippen LogP contribution in [-0.4, -0.2) is 16.5 Å². The minimum Gasteiger partial charge on any atom is -0.369 e. The summed E-state index contributed by atoms with van der Waals surface area (Å²) in [7, 11) is 0. The first-order valence-electron chi connectivity index (χ1n) is 5.37. The molecule has 2 aromatic rings. The van der Waals surface area contributed by atoms with Crippen molar-refractivity contribution in [2.24, 2.45) is 0 Å². The molecule has 2 heterocycles. The maximum atomic E-state index is 5.16. The van der Waals surface area contributed by atoms with Gasteiger partial charge in [0.2, 0.25) is 0 Å². The van der Waals surface area contributed by atoms with Crippen LogP contribution in [0.2, 0.25) is 0 Å². The normalized spacial score (nSPS) is 13.2. The van der Waals surface area contributed by atoms with Crippen LogP contribution in [0, 0.1) is 4.77 Å². The Kier molecular flexibility index (Phi) is 2.72. The number of aromatic amines is 1. The molecule has 0 saturated carbocycles. The third kappa shape index (κ3) is 2.00. The highest BCUT2D eigenvalue weighted by Gasteiger charge is 2.17. The molecule has 1 aromatic carbocycles. The number of nitrogens with one attached hydrogen (secondary N) is 2. The van der Waals surface area contributed by atoms with Crippen LogP contribution in [0.1, 0.15) is 5.56 Å². The van der Waals surface area contributed by atoms with Gasteiger partial charge in [-0.2, -0.15) is 0 Å². The standard InChI is InChI=1S/C12H10BrN3S/c13-8-3-1-2-7(6-8)10-9-4-5-14-11(9)16-12(17)15-10/h1-3,6H,4-5H2,(H2,14,15,16,17). The van der Waals surface area contributed by atoms with Crippen molar-refractivity contribution < 1.29 is 0 Å². The largest absolute Gasteiger partial charge is 0.369 e. The van der Waals surface area contributed by atoms with Gasteiger partial charge < -0.3 is 10.3 Å². The van der Waals surface area contributed by atoms with E-state index in [4.69, 9.17) is 12.2 Å². The van der Waals surface area contributed by atoms with Gasteiger partial charge in [-0.1, -0.05) is 28.1 Å². The number of aromatic nitrogens is 2. The van der Waals surface area contributed by atoms with Crippen LogP contribution in [0.3, 0.4) is 0 Å². The molecule has 86 valence electrons. The Morgan fingerprint density at radius 1 is 1.35 bits per heavy atom. The minimum atomic E-state index is 0.521. The average Bonchev–Trinajstić information content (AvgIpc) is 2.75. The van der Waals surface area contributed by atoms with E-state index in [0.717, 1.165) is 34.5 Å². The molecule has 0 atom stereocenters. The van der Waals surface area contributed by atoms with Crippen molar-refractivity contribution in [1.29, 1.82) is 0 Å². The quantitative estimate of drug-likeness (QED) is 0.792. The lowest BCUT2D eigenvalue weighted by Gasteiger charge is -2.08. The van der Waals surface area contributed by atoms with Crippen LogP contribution >= 0.6 is 28.1 Å². The maximum Gasteiger partial charge on any atom is 0.199 e. The Bertz CT molecular complexity index is 636. The highest BCUT2D eigenvalue weighted by molar-refractivity contribution is 9.10. The van der Waals surface area contributed by atoms with Gasteiger partial charge in [-0.05, 0) is 36.3 Å². The summed E-state index contributed by atoms with van der Waals surface area (Å²) in [6.45, 7) is 0.927. The van der Waals surface area contributed by atoms with Crippen LogP contribution in [0.5, 0.6) is 0 Å². The van der Waals surface area contributed by atoms with Crippen molar-refractivity contribution in [3.8, 4) is 11.3 Å². The summed E-state index contributed by atoms with van der Waals surface area (Å²) in [6.07, 6.45) is 0.982. The molecule has 0 spiro atoms. The van der Waals surface area contributed by atoms with Crippen molar-refractivity contribution in [3.63, 3.8) is 0 Å². The zero-order chi connectivity index (χ0) is 11.8. The summed E-state index contributed by atoms with van der Waals surface area (Å²) < 4.78 is 1.58. The highest BCUT2D eigenvalue weighted by atomic mass is 79.9. The molecule has 0 bridgehead atoms. The number of anilines is 1. The van der Waals surface area contributed by atoms with Crippen molar-refractivity contribution in [1.82, 2.24) is 9.97 Å². The fourth-order valence-electron chi connectivity index (χ4n) is 2.08. The topological polar surface area (TPSA) is 40.7 Å². The van der Waals surface area contributed by atoms with Crippen molar-refractivity contribution >= 4 is 34.0 Å². The molecule has 0 radical (unpaired) electrons. The lowest BCUT2D eigenvalue weighted by molar-refractivity contribution is 1.08. The smallest absolute Gasteiger partial charge is 0.199 e. The van der Waals surface area contributed by atoms with Gasteiger partial charge in [0.25, 0.3) is 0 Å². The van der Waals surface area contributed by atoms with Gasteiger partial charge in [0.1, 0.15) is 5.82 Å². The fourth-order valence-corrected chi connectivity index (χ4v) is 2.68. The molecule has 17 heavy (non-hydrogen) atoms. The van der Waals surface area contributed by atoms with Gasteiger partial charge in [-0.25, -0.2) is 4.98 Å². The molecule has 3 rings (SSSR count). The molecule has 0 aliphatic carbocycles. The van der Waals surface area contributed by atoms with E-state index in [1.165, 1.54) is 5.56 Å².